The monoisotopic (exact) mass is 332 g/mol. The number of hydrogen-bond acceptors (Lipinski definition) is 3. The highest BCUT2D eigenvalue weighted by Crippen LogP contribution is 2.26. The minimum atomic E-state index is -0.336. The largest absolute Gasteiger partial charge is 0.324 e. The van der Waals surface area contributed by atoms with Gasteiger partial charge in [0.05, 0.1) is 17.2 Å². The molecule has 4 nitrogen and oxygen atoms in total. The SMILES string of the molecule is C[C@@H](N)c1ccc2c(c1)ncn2-c1cccc(-c2ccncc2F)c1. The van der Waals surface area contributed by atoms with E-state index in [4.69, 9.17) is 5.73 Å². The minimum absolute atomic E-state index is 0.0347. The molecule has 4 aromatic rings. The molecule has 0 bridgehead atoms. The average molecular weight is 332 g/mol. The molecule has 2 aromatic heterocycles. The molecular weight excluding hydrogens is 315 g/mol. The van der Waals surface area contributed by atoms with E-state index in [1.54, 1.807) is 18.6 Å². The summed E-state index contributed by atoms with van der Waals surface area (Å²) in [5.41, 5.74) is 11.1. The Hall–Kier alpha value is -3.05. The zero-order chi connectivity index (χ0) is 17.4. The Morgan fingerprint density at radius 2 is 2.00 bits per heavy atom. The fourth-order valence-corrected chi connectivity index (χ4v) is 2.95. The molecule has 2 N–H and O–H groups in total. The van der Waals surface area contributed by atoms with Crippen LogP contribution in [0.1, 0.15) is 18.5 Å². The smallest absolute Gasteiger partial charge is 0.149 e. The molecule has 4 rings (SSSR count). The van der Waals surface area contributed by atoms with Crippen LogP contribution in [0.4, 0.5) is 4.39 Å². The number of halogens is 1. The Morgan fingerprint density at radius 1 is 1.12 bits per heavy atom. The van der Waals surface area contributed by atoms with Crippen LogP contribution in [0.2, 0.25) is 0 Å². The van der Waals surface area contributed by atoms with Crippen LogP contribution in [0.3, 0.4) is 0 Å². The fraction of sp³-hybridized carbons (Fsp3) is 0.100. The number of rotatable bonds is 3. The third-order valence-corrected chi connectivity index (χ3v) is 4.30. The van der Waals surface area contributed by atoms with Gasteiger partial charge in [-0.15, -0.1) is 0 Å². The second-order valence-electron chi connectivity index (χ2n) is 6.06. The van der Waals surface area contributed by atoms with Crippen molar-refractivity contribution in [3.63, 3.8) is 0 Å². The fourth-order valence-electron chi connectivity index (χ4n) is 2.95. The lowest BCUT2D eigenvalue weighted by molar-refractivity contribution is 0.625. The van der Waals surface area contributed by atoms with Gasteiger partial charge in [-0.2, -0.15) is 0 Å². The summed E-state index contributed by atoms with van der Waals surface area (Å²) < 4.78 is 16.0. The van der Waals surface area contributed by atoms with Crippen molar-refractivity contribution in [1.82, 2.24) is 14.5 Å². The minimum Gasteiger partial charge on any atom is -0.324 e. The molecule has 2 heterocycles. The van der Waals surface area contributed by atoms with E-state index in [0.717, 1.165) is 27.8 Å². The molecule has 0 radical (unpaired) electrons. The summed E-state index contributed by atoms with van der Waals surface area (Å²) in [6.07, 6.45) is 4.59. The molecule has 0 saturated heterocycles. The van der Waals surface area contributed by atoms with Gasteiger partial charge in [0.2, 0.25) is 0 Å². The van der Waals surface area contributed by atoms with Crippen molar-refractivity contribution in [2.75, 3.05) is 0 Å². The maximum atomic E-state index is 14.0. The molecule has 0 aliphatic carbocycles. The molecule has 124 valence electrons. The van der Waals surface area contributed by atoms with Crippen molar-refractivity contribution in [3.8, 4) is 16.8 Å². The number of nitrogens with zero attached hydrogens (tertiary/aromatic N) is 3. The van der Waals surface area contributed by atoms with Gasteiger partial charge in [0.15, 0.2) is 0 Å². The van der Waals surface area contributed by atoms with Crippen LogP contribution in [-0.4, -0.2) is 14.5 Å². The van der Waals surface area contributed by atoms with Gasteiger partial charge in [0.1, 0.15) is 12.1 Å². The van der Waals surface area contributed by atoms with Crippen molar-refractivity contribution in [3.05, 3.63) is 78.6 Å². The topological polar surface area (TPSA) is 56.7 Å². The Bertz CT molecular complexity index is 1050. The summed E-state index contributed by atoms with van der Waals surface area (Å²) in [5, 5.41) is 0. The lowest BCUT2D eigenvalue weighted by Gasteiger charge is -2.09. The number of imidazole rings is 1. The lowest BCUT2D eigenvalue weighted by Crippen LogP contribution is -2.04. The molecule has 0 aliphatic rings. The van der Waals surface area contributed by atoms with Gasteiger partial charge in [-0.25, -0.2) is 9.37 Å². The van der Waals surface area contributed by atoms with Crippen LogP contribution in [0.5, 0.6) is 0 Å². The molecule has 2 aromatic carbocycles. The molecule has 5 heteroatoms. The first-order valence-electron chi connectivity index (χ1n) is 8.06. The zero-order valence-corrected chi connectivity index (χ0v) is 13.7. The van der Waals surface area contributed by atoms with Gasteiger partial charge in [-0.3, -0.25) is 9.55 Å². The van der Waals surface area contributed by atoms with Crippen molar-refractivity contribution >= 4 is 11.0 Å². The van der Waals surface area contributed by atoms with Gasteiger partial charge in [-0.05, 0) is 48.4 Å². The zero-order valence-electron chi connectivity index (χ0n) is 13.7. The summed E-state index contributed by atoms with van der Waals surface area (Å²) in [4.78, 5) is 8.29. The number of aromatic nitrogens is 3. The van der Waals surface area contributed by atoms with Crippen molar-refractivity contribution in [2.45, 2.75) is 13.0 Å². The Balaban J connectivity index is 1.82. The van der Waals surface area contributed by atoms with Crippen LogP contribution in [0, 0.1) is 5.82 Å². The van der Waals surface area contributed by atoms with E-state index < -0.39 is 0 Å². The number of benzene rings is 2. The number of pyridine rings is 1. The first-order valence-corrected chi connectivity index (χ1v) is 8.06. The van der Waals surface area contributed by atoms with Gasteiger partial charge in [0.25, 0.3) is 0 Å². The summed E-state index contributed by atoms with van der Waals surface area (Å²) in [7, 11) is 0. The van der Waals surface area contributed by atoms with Crippen LogP contribution in [0.25, 0.3) is 27.8 Å². The quantitative estimate of drug-likeness (QED) is 0.610. The number of hydrogen-bond donors (Lipinski definition) is 1. The van der Waals surface area contributed by atoms with E-state index in [0.29, 0.717) is 5.56 Å². The third-order valence-electron chi connectivity index (χ3n) is 4.30. The summed E-state index contributed by atoms with van der Waals surface area (Å²) in [5.74, 6) is -0.336. The summed E-state index contributed by atoms with van der Waals surface area (Å²) in [6, 6.07) is 15.4. The second-order valence-corrected chi connectivity index (χ2v) is 6.06. The molecule has 0 aliphatic heterocycles. The highest BCUT2D eigenvalue weighted by Gasteiger charge is 2.10. The Morgan fingerprint density at radius 3 is 2.80 bits per heavy atom. The van der Waals surface area contributed by atoms with Gasteiger partial charge in [-0.1, -0.05) is 18.2 Å². The molecule has 0 saturated carbocycles. The Kier molecular flexibility index (Phi) is 3.78. The van der Waals surface area contributed by atoms with E-state index >= 15 is 0 Å². The predicted molar refractivity (Wildman–Crippen MR) is 96.9 cm³/mol. The van der Waals surface area contributed by atoms with Crippen molar-refractivity contribution in [1.29, 1.82) is 0 Å². The molecule has 25 heavy (non-hydrogen) atoms. The maximum Gasteiger partial charge on any atom is 0.149 e. The number of nitrogens with two attached hydrogens (primary N) is 1. The van der Waals surface area contributed by atoms with Crippen molar-refractivity contribution in [2.24, 2.45) is 5.73 Å². The van der Waals surface area contributed by atoms with E-state index in [1.807, 2.05) is 54.0 Å². The lowest BCUT2D eigenvalue weighted by atomic mass is 10.1. The molecule has 1 atom stereocenters. The summed E-state index contributed by atoms with van der Waals surface area (Å²) in [6.45, 7) is 1.95. The highest BCUT2D eigenvalue weighted by molar-refractivity contribution is 5.79. The van der Waals surface area contributed by atoms with E-state index in [1.165, 1.54) is 6.20 Å². The maximum absolute atomic E-state index is 14.0. The van der Waals surface area contributed by atoms with Gasteiger partial charge in [0, 0.05) is 23.5 Å². The van der Waals surface area contributed by atoms with Crippen LogP contribution in [0.15, 0.2) is 67.3 Å². The molecular formula is C20H17FN4. The van der Waals surface area contributed by atoms with Gasteiger partial charge < -0.3 is 5.73 Å². The first kappa shape index (κ1) is 15.5. The highest BCUT2D eigenvalue weighted by atomic mass is 19.1. The van der Waals surface area contributed by atoms with Gasteiger partial charge >= 0.3 is 0 Å². The third kappa shape index (κ3) is 2.79. The average Bonchev–Trinajstić information content (AvgIpc) is 3.05. The standard InChI is InChI=1S/C20H17FN4/c1-13(22)14-5-6-20-19(10-14)24-12-25(20)16-4-2-3-15(9-16)17-7-8-23-11-18(17)21/h2-13H,22H2,1H3/t13-/m1/s1. The van der Waals surface area contributed by atoms with Crippen LogP contribution < -0.4 is 5.73 Å². The first-order chi connectivity index (χ1) is 12.1. The van der Waals surface area contributed by atoms with Crippen LogP contribution >= 0.6 is 0 Å². The van der Waals surface area contributed by atoms with E-state index in [-0.39, 0.29) is 11.9 Å². The molecule has 0 spiro atoms. The molecule has 0 unspecified atom stereocenters. The molecule has 0 fully saturated rings. The van der Waals surface area contributed by atoms with Crippen molar-refractivity contribution < 1.29 is 4.39 Å². The predicted octanol–water partition coefficient (Wildman–Crippen LogP) is 4.25. The number of fused-ring (bicyclic) bond motifs is 1. The molecule has 0 amide bonds. The second kappa shape index (κ2) is 6.11. The normalized spacial score (nSPS) is 12.4. The van der Waals surface area contributed by atoms with Crippen LogP contribution in [-0.2, 0) is 0 Å². The summed E-state index contributed by atoms with van der Waals surface area (Å²) >= 11 is 0. The van der Waals surface area contributed by atoms with E-state index in [9.17, 15) is 4.39 Å². The van der Waals surface area contributed by atoms with E-state index in [2.05, 4.69) is 9.97 Å². The Labute approximate surface area is 144 Å².